The van der Waals surface area contributed by atoms with Crippen LogP contribution in [0, 0.1) is 12.8 Å². The normalized spacial score (nSPS) is 24.1. The van der Waals surface area contributed by atoms with Gasteiger partial charge in [0, 0.05) is 18.3 Å². The molecule has 1 aromatic rings. The van der Waals surface area contributed by atoms with Crippen LogP contribution in [0.1, 0.15) is 49.3 Å². The molecule has 0 saturated carbocycles. The van der Waals surface area contributed by atoms with Gasteiger partial charge in [0.25, 0.3) is 5.91 Å². The second-order valence-corrected chi connectivity index (χ2v) is 5.32. The highest BCUT2D eigenvalue weighted by Gasteiger charge is 2.29. The van der Waals surface area contributed by atoms with Crippen LogP contribution in [-0.4, -0.2) is 28.4 Å². The van der Waals surface area contributed by atoms with Crippen molar-refractivity contribution in [3.8, 4) is 0 Å². The highest BCUT2D eigenvalue weighted by Crippen LogP contribution is 2.25. The molecule has 2 atom stereocenters. The maximum Gasteiger partial charge on any atom is 0.272 e. The molecule has 0 radical (unpaired) electrons. The van der Waals surface area contributed by atoms with E-state index in [1.165, 1.54) is 6.42 Å². The minimum Gasteiger partial charge on any atom is -0.334 e. The number of likely N-dealkylation sites (tertiary alicyclic amines) is 1. The Morgan fingerprint density at radius 2 is 2.22 bits per heavy atom. The third kappa shape index (κ3) is 2.71. The summed E-state index contributed by atoms with van der Waals surface area (Å²) in [5.74, 6) is 0.735. The smallest absolute Gasteiger partial charge is 0.272 e. The van der Waals surface area contributed by atoms with Gasteiger partial charge in [-0.2, -0.15) is 0 Å². The Bertz CT molecular complexity index is 430. The molecule has 1 aromatic heterocycles. The van der Waals surface area contributed by atoms with Gasteiger partial charge in [-0.05, 0) is 44.7 Å². The van der Waals surface area contributed by atoms with Crippen LogP contribution in [0.25, 0.3) is 0 Å². The van der Waals surface area contributed by atoms with Crippen LogP contribution in [0.15, 0.2) is 18.2 Å². The standard InChI is InChI=1S/C15H22N2O/c1-4-13-9-8-12(3)17(10-13)15(18)14-7-5-6-11(2)16-14/h5-7,12-13H,4,8-10H2,1-3H3/t12-,13+/m1/s1. The van der Waals surface area contributed by atoms with Crippen LogP contribution in [-0.2, 0) is 0 Å². The fraction of sp³-hybridized carbons (Fsp3) is 0.600. The quantitative estimate of drug-likeness (QED) is 0.803. The number of hydrogen-bond donors (Lipinski definition) is 0. The first-order chi connectivity index (χ1) is 8.61. The van der Waals surface area contributed by atoms with Gasteiger partial charge in [-0.3, -0.25) is 4.79 Å². The molecule has 1 saturated heterocycles. The lowest BCUT2D eigenvalue weighted by Gasteiger charge is -2.37. The molecule has 2 heterocycles. The Kier molecular flexibility index (Phi) is 4.00. The van der Waals surface area contributed by atoms with E-state index in [1.807, 2.05) is 30.0 Å². The number of amides is 1. The van der Waals surface area contributed by atoms with Gasteiger partial charge < -0.3 is 4.90 Å². The van der Waals surface area contributed by atoms with E-state index < -0.39 is 0 Å². The van der Waals surface area contributed by atoms with Crippen LogP contribution in [0.2, 0.25) is 0 Å². The van der Waals surface area contributed by atoms with Crippen molar-refractivity contribution in [3.63, 3.8) is 0 Å². The molecule has 0 aromatic carbocycles. The number of aromatic nitrogens is 1. The summed E-state index contributed by atoms with van der Waals surface area (Å²) < 4.78 is 0. The zero-order chi connectivity index (χ0) is 13.1. The zero-order valence-corrected chi connectivity index (χ0v) is 11.5. The molecule has 0 unspecified atom stereocenters. The third-order valence-electron chi connectivity index (χ3n) is 3.93. The molecule has 1 aliphatic rings. The highest BCUT2D eigenvalue weighted by atomic mass is 16.2. The van der Waals surface area contributed by atoms with Gasteiger partial charge in [0.1, 0.15) is 5.69 Å². The molecule has 3 nitrogen and oxygen atoms in total. The fourth-order valence-electron chi connectivity index (χ4n) is 2.61. The first-order valence-corrected chi connectivity index (χ1v) is 6.86. The predicted molar refractivity (Wildman–Crippen MR) is 72.5 cm³/mol. The Morgan fingerprint density at radius 3 is 2.89 bits per heavy atom. The lowest BCUT2D eigenvalue weighted by molar-refractivity contribution is 0.0550. The van der Waals surface area contributed by atoms with Crippen molar-refractivity contribution in [2.75, 3.05) is 6.54 Å². The highest BCUT2D eigenvalue weighted by molar-refractivity contribution is 5.92. The summed E-state index contributed by atoms with van der Waals surface area (Å²) in [6.07, 6.45) is 3.50. The molecular formula is C15H22N2O. The van der Waals surface area contributed by atoms with Gasteiger partial charge in [-0.1, -0.05) is 19.4 Å². The van der Waals surface area contributed by atoms with E-state index in [0.717, 1.165) is 25.1 Å². The fourth-order valence-corrected chi connectivity index (χ4v) is 2.61. The zero-order valence-electron chi connectivity index (χ0n) is 11.5. The minimum atomic E-state index is 0.0874. The molecule has 3 heteroatoms. The summed E-state index contributed by atoms with van der Waals surface area (Å²) in [5, 5.41) is 0. The SMILES string of the molecule is CC[C@H]1CC[C@@H](C)N(C(=O)c2cccc(C)n2)C1. The van der Waals surface area contributed by atoms with E-state index in [1.54, 1.807) is 0 Å². The summed E-state index contributed by atoms with van der Waals surface area (Å²) >= 11 is 0. The maximum absolute atomic E-state index is 12.5. The number of carbonyl (C=O) groups is 1. The third-order valence-corrected chi connectivity index (χ3v) is 3.93. The van der Waals surface area contributed by atoms with Crippen molar-refractivity contribution < 1.29 is 4.79 Å². The summed E-state index contributed by atoms with van der Waals surface area (Å²) in [6, 6.07) is 5.98. The molecule has 1 fully saturated rings. The molecule has 98 valence electrons. The monoisotopic (exact) mass is 246 g/mol. The van der Waals surface area contributed by atoms with E-state index in [-0.39, 0.29) is 5.91 Å². The van der Waals surface area contributed by atoms with E-state index in [0.29, 0.717) is 17.7 Å². The largest absolute Gasteiger partial charge is 0.334 e. The van der Waals surface area contributed by atoms with E-state index in [4.69, 9.17) is 0 Å². The summed E-state index contributed by atoms with van der Waals surface area (Å²) in [7, 11) is 0. The first-order valence-electron chi connectivity index (χ1n) is 6.86. The molecule has 0 aliphatic carbocycles. The molecule has 1 aliphatic heterocycles. The summed E-state index contributed by atoms with van der Waals surface area (Å²) in [6.45, 7) is 7.14. The van der Waals surface area contributed by atoms with Crippen LogP contribution in [0.5, 0.6) is 0 Å². The molecule has 0 spiro atoms. The molecule has 2 rings (SSSR count). The minimum absolute atomic E-state index is 0.0874. The number of aryl methyl sites for hydroxylation is 1. The van der Waals surface area contributed by atoms with Crippen molar-refractivity contribution >= 4 is 5.91 Å². The Hall–Kier alpha value is -1.38. The lowest BCUT2D eigenvalue weighted by atomic mass is 9.91. The van der Waals surface area contributed by atoms with Crippen molar-refractivity contribution in [2.24, 2.45) is 5.92 Å². The average Bonchev–Trinajstić information content (AvgIpc) is 2.38. The van der Waals surface area contributed by atoms with Crippen LogP contribution in [0.4, 0.5) is 0 Å². The Balaban J connectivity index is 2.16. The Morgan fingerprint density at radius 1 is 1.44 bits per heavy atom. The number of rotatable bonds is 2. The van der Waals surface area contributed by atoms with E-state index in [2.05, 4.69) is 18.8 Å². The van der Waals surface area contributed by atoms with Crippen molar-refractivity contribution in [1.29, 1.82) is 0 Å². The second kappa shape index (κ2) is 5.51. The number of carbonyl (C=O) groups excluding carboxylic acids is 1. The van der Waals surface area contributed by atoms with Crippen LogP contribution >= 0.6 is 0 Å². The van der Waals surface area contributed by atoms with Gasteiger partial charge in [0.2, 0.25) is 0 Å². The van der Waals surface area contributed by atoms with Gasteiger partial charge in [0.15, 0.2) is 0 Å². The number of nitrogens with zero attached hydrogens (tertiary/aromatic N) is 2. The van der Waals surface area contributed by atoms with Crippen molar-refractivity contribution in [1.82, 2.24) is 9.88 Å². The van der Waals surface area contributed by atoms with Gasteiger partial charge in [-0.15, -0.1) is 0 Å². The van der Waals surface area contributed by atoms with Gasteiger partial charge in [0.05, 0.1) is 0 Å². The van der Waals surface area contributed by atoms with E-state index in [9.17, 15) is 4.79 Å². The molecule has 0 N–H and O–H groups in total. The summed E-state index contributed by atoms with van der Waals surface area (Å²) in [4.78, 5) is 18.8. The molecular weight excluding hydrogens is 224 g/mol. The predicted octanol–water partition coefficient (Wildman–Crippen LogP) is 3.04. The molecule has 0 bridgehead atoms. The second-order valence-electron chi connectivity index (χ2n) is 5.32. The molecule has 18 heavy (non-hydrogen) atoms. The number of piperidine rings is 1. The van der Waals surface area contributed by atoms with Crippen molar-refractivity contribution in [2.45, 2.75) is 46.1 Å². The van der Waals surface area contributed by atoms with Gasteiger partial charge >= 0.3 is 0 Å². The Labute approximate surface area is 109 Å². The van der Waals surface area contributed by atoms with E-state index >= 15 is 0 Å². The molecule has 1 amide bonds. The maximum atomic E-state index is 12.5. The van der Waals surface area contributed by atoms with Crippen molar-refractivity contribution in [3.05, 3.63) is 29.6 Å². The topological polar surface area (TPSA) is 33.2 Å². The first kappa shape index (κ1) is 13.1. The average molecular weight is 246 g/mol. The lowest BCUT2D eigenvalue weighted by Crippen LogP contribution is -2.45. The number of pyridine rings is 1. The van der Waals surface area contributed by atoms with Crippen LogP contribution < -0.4 is 0 Å². The number of hydrogen-bond acceptors (Lipinski definition) is 2. The van der Waals surface area contributed by atoms with Crippen LogP contribution in [0.3, 0.4) is 0 Å². The van der Waals surface area contributed by atoms with Gasteiger partial charge in [-0.25, -0.2) is 4.98 Å². The summed E-state index contributed by atoms with van der Waals surface area (Å²) in [5.41, 5.74) is 1.48.